The fourth-order valence-electron chi connectivity index (χ4n) is 4.03. The number of aromatic nitrogens is 2. The van der Waals surface area contributed by atoms with Crippen LogP contribution in [0.3, 0.4) is 0 Å². The van der Waals surface area contributed by atoms with Crippen LogP contribution in [0.5, 0.6) is 0 Å². The number of hydrogen-bond acceptors (Lipinski definition) is 6. The number of anilines is 1. The maximum absolute atomic E-state index is 12.8. The van der Waals surface area contributed by atoms with E-state index in [-0.39, 0.29) is 5.91 Å². The SMILES string of the molecule is CC(C)c1ccc(-c2noc(CCC(=O)N3CCCN(c4ccc(C#N)cc4)CC3)n2)cc1. The predicted molar refractivity (Wildman–Crippen MR) is 127 cm³/mol. The largest absolute Gasteiger partial charge is 0.370 e. The molecule has 1 aliphatic rings. The summed E-state index contributed by atoms with van der Waals surface area (Å²) in [7, 11) is 0. The number of nitrogens with zero attached hydrogens (tertiary/aromatic N) is 5. The summed E-state index contributed by atoms with van der Waals surface area (Å²) in [5.74, 6) is 1.62. The van der Waals surface area contributed by atoms with E-state index in [1.165, 1.54) is 5.56 Å². The molecule has 1 amide bonds. The normalized spacial score (nSPS) is 14.2. The molecule has 33 heavy (non-hydrogen) atoms. The van der Waals surface area contributed by atoms with Gasteiger partial charge in [-0.1, -0.05) is 43.3 Å². The Morgan fingerprint density at radius 1 is 1.06 bits per heavy atom. The van der Waals surface area contributed by atoms with Crippen LogP contribution in [-0.4, -0.2) is 47.1 Å². The number of hydrogen-bond donors (Lipinski definition) is 0. The lowest BCUT2D eigenvalue weighted by atomic mass is 10.0. The second-order valence-electron chi connectivity index (χ2n) is 8.67. The topological polar surface area (TPSA) is 86.3 Å². The van der Waals surface area contributed by atoms with Gasteiger partial charge in [0.1, 0.15) is 0 Å². The number of carbonyl (C=O) groups is 1. The molecule has 0 spiro atoms. The molecule has 1 fully saturated rings. The summed E-state index contributed by atoms with van der Waals surface area (Å²) >= 11 is 0. The number of aryl methyl sites for hydroxylation is 1. The zero-order valence-corrected chi connectivity index (χ0v) is 19.2. The summed E-state index contributed by atoms with van der Waals surface area (Å²) in [6.07, 6.45) is 1.69. The van der Waals surface area contributed by atoms with Crippen LogP contribution in [-0.2, 0) is 11.2 Å². The van der Waals surface area contributed by atoms with Crippen LogP contribution in [0.2, 0.25) is 0 Å². The first kappa shape index (κ1) is 22.5. The van der Waals surface area contributed by atoms with Gasteiger partial charge in [-0.2, -0.15) is 10.2 Å². The lowest BCUT2D eigenvalue weighted by Gasteiger charge is -2.23. The molecule has 7 nitrogen and oxygen atoms in total. The molecule has 3 aromatic rings. The maximum Gasteiger partial charge on any atom is 0.227 e. The molecule has 0 bridgehead atoms. The molecule has 2 aromatic carbocycles. The van der Waals surface area contributed by atoms with Gasteiger partial charge in [-0.15, -0.1) is 0 Å². The van der Waals surface area contributed by atoms with Gasteiger partial charge in [-0.3, -0.25) is 4.79 Å². The van der Waals surface area contributed by atoms with E-state index in [2.05, 4.69) is 47.1 Å². The Bertz CT molecular complexity index is 1110. The average Bonchev–Trinajstić information content (AvgIpc) is 3.18. The number of rotatable bonds is 6. The highest BCUT2D eigenvalue weighted by Gasteiger charge is 2.20. The van der Waals surface area contributed by atoms with Crippen LogP contribution >= 0.6 is 0 Å². The Hall–Kier alpha value is -3.66. The minimum Gasteiger partial charge on any atom is -0.370 e. The van der Waals surface area contributed by atoms with Crippen molar-refractivity contribution in [3.8, 4) is 17.5 Å². The highest BCUT2D eigenvalue weighted by Crippen LogP contribution is 2.21. The van der Waals surface area contributed by atoms with Gasteiger partial charge >= 0.3 is 0 Å². The van der Waals surface area contributed by atoms with E-state index >= 15 is 0 Å². The number of nitriles is 1. The van der Waals surface area contributed by atoms with Gasteiger partial charge in [-0.25, -0.2) is 0 Å². The van der Waals surface area contributed by atoms with Gasteiger partial charge in [0.2, 0.25) is 17.6 Å². The molecule has 0 saturated carbocycles. The lowest BCUT2D eigenvalue weighted by molar-refractivity contribution is -0.131. The minimum atomic E-state index is 0.109. The van der Waals surface area contributed by atoms with Gasteiger partial charge in [-0.05, 0) is 42.2 Å². The first-order valence-corrected chi connectivity index (χ1v) is 11.5. The van der Waals surface area contributed by atoms with Gasteiger partial charge in [0.05, 0.1) is 11.6 Å². The van der Waals surface area contributed by atoms with E-state index in [0.717, 1.165) is 37.3 Å². The summed E-state index contributed by atoms with van der Waals surface area (Å²) in [5, 5.41) is 13.1. The molecule has 170 valence electrons. The molecular formula is C26H29N5O2. The Labute approximate surface area is 194 Å². The molecule has 1 saturated heterocycles. The van der Waals surface area contributed by atoms with Crippen LogP contribution in [0.4, 0.5) is 5.69 Å². The molecule has 0 atom stereocenters. The predicted octanol–water partition coefficient (Wildman–Crippen LogP) is 4.40. The van der Waals surface area contributed by atoms with Crippen molar-refractivity contribution in [3.63, 3.8) is 0 Å². The van der Waals surface area contributed by atoms with Crippen molar-refractivity contribution in [2.24, 2.45) is 0 Å². The van der Waals surface area contributed by atoms with E-state index in [1.807, 2.05) is 41.3 Å². The zero-order valence-electron chi connectivity index (χ0n) is 19.2. The smallest absolute Gasteiger partial charge is 0.227 e. The third-order valence-electron chi connectivity index (χ3n) is 6.07. The van der Waals surface area contributed by atoms with E-state index in [4.69, 9.17) is 9.78 Å². The van der Waals surface area contributed by atoms with Gasteiger partial charge in [0.25, 0.3) is 0 Å². The number of carbonyl (C=O) groups excluding carboxylic acids is 1. The van der Waals surface area contributed by atoms with Crippen molar-refractivity contribution in [2.45, 2.75) is 39.0 Å². The van der Waals surface area contributed by atoms with Crippen molar-refractivity contribution in [3.05, 3.63) is 65.5 Å². The van der Waals surface area contributed by atoms with Crippen molar-refractivity contribution in [1.82, 2.24) is 15.0 Å². The molecule has 7 heteroatoms. The second kappa shape index (κ2) is 10.3. The van der Waals surface area contributed by atoms with Crippen molar-refractivity contribution >= 4 is 11.6 Å². The van der Waals surface area contributed by atoms with Crippen LogP contribution in [0.25, 0.3) is 11.4 Å². The van der Waals surface area contributed by atoms with Gasteiger partial charge < -0.3 is 14.3 Å². The van der Waals surface area contributed by atoms with Crippen LogP contribution in [0.15, 0.2) is 53.1 Å². The molecule has 0 unspecified atom stereocenters. The number of benzene rings is 2. The minimum absolute atomic E-state index is 0.109. The first-order valence-electron chi connectivity index (χ1n) is 11.5. The molecule has 1 aromatic heterocycles. The van der Waals surface area contributed by atoms with Gasteiger partial charge in [0.15, 0.2) is 0 Å². The van der Waals surface area contributed by atoms with Crippen LogP contribution in [0, 0.1) is 11.3 Å². The second-order valence-corrected chi connectivity index (χ2v) is 8.67. The van der Waals surface area contributed by atoms with Gasteiger partial charge in [0, 0.05) is 50.3 Å². The Morgan fingerprint density at radius 2 is 1.82 bits per heavy atom. The highest BCUT2D eigenvalue weighted by atomic mass is 16.5. The summed E-state index contributed by atoms with van der Waals surface area (Å²) in [5.41, 5.74) is 3.92. The highest BCUT2D eigenvalue weighted by molar-refractivity contribution is 5.76. The van der Waals surface area contributed by atoms with E-state index in [0.29, 0.717) is 42.6 Å². The van der Waals surface area contributed by atoms with Crippen LogP contribution < -0.4 is 4.90 Å². The van der Waals surface area contributed by atoms with Crippen molar-refractivity contribution in [2.75, 3.05) is 31.1 Å². The fraction of sp³-hybridized carbons (Fsp3) is 0.385. The molecule has 0 N–H and O–H groups in total. The lowest BCUT2D eigenvalue weighted by Crippen LogP contribution is -2.35. The van der Waals surface area contributed by atoms with Crippen molar-refractivity contribution < 1.29 is 9.32 Å². The Kier molecular flexibility index (Phi) is 7.04. The summed E-state index contributed by atoms with van der Waals surface area (Å²) in [6.45, 7) is 7.40. The molecule has 0 radical (unpaired) electrons. The molecule has 4 rings (SSSR count). The summed E-state index contributed by atoms with van der Waals surface area (Å²) in [4.78, 5) is 21.5. The third-order valence-corrected chi connectivity index (χ3v) is 6.07. The summed E-state index contributed by atoms with van der Waals surface area (Å²) in [6, 6.07) is 17.9. The van der Waals surface area contributed by atoms with Crippen LogP contribution in [0.1, 0.15) is 49.6 Å². The monoisotopic (exact) mass is 443 g/mol. The molecular weight excluding hydrogens is 414 g/mol. The molecule has 0 aliphatic carbocycles. The first-order chi connectivity index (χ1) is 16.0. The number of amides is 1. The Morgan fingerprint density at radius 3 is 2.52 bits per heavy atom. The fourth-order valence-corrected chi connectivity index (χ4v) is 4.03. The van der Waals surface area contributed by atoms with Crippen molar-refractivity contribution in [1.29, 1.82) is 5.26 Å². The third kappa shape index (κ3) is 5.58. The quantitative estimate of drug-likeness (QED) is 0.561. The van der Waals surface area contributed by atoms with E-state index in [1.54, 1.807) is 0 Å². The molecule has 2 heterocycles. The summed E-state index contributed by atoms with van der Waals surface area (Å²) < 4.78 is 5.39. The zero-order chi connectivity index (χ0) is 23.2. The van der Waals surface area contributed by atoms with E-state index in [9.17, 15) is 4.79 Å². The Balaban J connectivity index is 1.29. The van der Waals surface area contributed by atoms with E-state index < -0.39 is 0 Å². The molecule has 1 aliphatic heterocycles. The average molecular weight is 444 g/mol. The maximum atomic E-state index is 12.8. The standard InChI is InChI=1S/C26H29N5O2/c1-19(2)21-6-8-22(9-7-21)26-28-24(33-29-26)12-13-25(32)31-15-3-14-30(16-17-31)23-10-4-20(18-27)5-11-23/h4-11,19H,3,12-17H2,1-2H3.